The fraction of sp³-hybridized carbons (Fsp3) is 0. The van der Waals surface area contributed by atoms with Crippen molar-refractivity contribution >= 4 is 81.1 Å². The van der Waals surface area contributed by atoms with Gasteiger partial charge in [-0.3, -0.25) is 0 Å². The minimum Gasteiger partial charge on any atom is -0.311 e. The molecule has 0 saturated heterocycles. The van der Waals surface area contributed by atoms with Gasteiger partial charge >= 0.3 is 0 Å². The predicted molar refractivity (Wildman–Crippen MR) is 262 cm³/mol. The van der Waals surface area contributed by atoms with Crippen LogP contribution in [0.15, 0.2) is 231 Å². The first-order valence-electron chi connectivity index (χ1n) is 20.8. The Labute approximate surface area is 358 Å². The molecule has 2 nitrogen and oxygen atoms in total. The third-order valence-electron chi connectivity index (χ3n) is 12.2. The SMILES string of the molecule is c1ccc(-n2c3ccccc3c3sc4c(-c5ccc(N(c6ccc(-c7cccc8ccccc78)cc6)c6ccc(-c7cccc8ccccc78)cc6)cc5)cccc4c32)cc1. The maximum Gasteiger partial charge on any atom is 0.0727 e. The molecule has 0 spiro atoms. The van der Waals surface area contributed by atoms with Crippen LogP contribution in [0.4, 0.5) is 17.1 Å². The monoisotopic (exact) mass is 794 g/mol. The lowest BCUT2D eigenvalue weighted by molar-refractivity contribution is 1.19. The van der Waals surface area contributed by atoms with Crippen molar-refractivity contribution in [1.82, 2.24) is 4.57 Å². The van der Waals surface area contributed by atoms with Gasteiger partial charge in [-0.25, -0.2) is 0 Å². The van der Waals surface area contributed by atoms with Crippen LogP contribution in [0.2, 0.25) is 0 Å². The Morgan fingerprint density at radius 2 is 0.738 bits per heavy atom. The lowest BCUT2D eigenvalue weighted by atomic mass is 9.97. The van der Waals surface area contributed by atoms with Crippen LogP contribution in [-0.2, 0) is 0 Å². The maximum absolute atomic E-state index is 2.44. The van der Waals surface area contributed by atoms with Gasteiger partial charge in [-0.2, -0.15) is 0 Å². The molecule has 286 valence electrons. The summed E-state index contributed by atoms with van der Waals surface area (Å²) in [6.45, 7) is 0. The molecule has 3 heteroatoms. The minimum absolute atomic E-state index is 1.10. The molecule has 12 aromatic rings. The number of para-hydroxylation sites is 2. The number of fused-ring (bicyclic) bond motifs is 7. The van der Waals surface area contributed by atoms with E-state index in [-0.39, 0.29) is 0 Å². The average molecular weight is 795 g/mol. The molecule has 0 N–H and O–H groups in total. The highest BCUT2D eigenvalue weighted by Crippen LogP contribution is 2.46. The van der Waals surface area contributed by atoms with Crippen molar-refractivity contribution in [3.8, 4) is 39.1 Å². The Hall–Kier alpha value is -7.72. The van der Waals surface area contributed by atoms with E-state index < -0.39 is 0 Å². The normalized spacial score (nSPS) is 11.6. The summed E-state index contributed by atoms with van der Waals surface area (Å²) in [5.41, 5.74) is 14.3. The topological polar surface area (TPSA) is 8.17 Å². The molecule has 0 aliphatic carbocycles. The third kappa shape index (κ3) is 5.93. The fourth-order valence-electron chi connectivity index (χ4n) is 9.34. The highest BCUT2D eigenvalue weighted by molar-refractivity contribution is 7.27. The van der Waals surface area contributed by atoms with Gasteiger partial charge in [-0.15, -0.1) is 11.3 Å². The number of benzene rings is 10. The van der Waals surface area contributed by atoms with Gasteiger partial charge in [0.1, 0.15) is 0 Å². The van der Waals surface area contributed by atoms with Gasteiger partial charge in [0.05, 0.1) is 15.7 Å². The first-order valence-corrected chi connectivity index (χ1v) is 21.7. The largest absolute Gasteiger partial charge is 0.311 e. The van der Waals surface area contributed by atoms with Crippen molar-refractivity contribution < 1.29 is 0 Å². The molecular weight excluding hydrogens is 757 g/mol. The number of hydrogen-bond donors (Lipinski definition) is 0. The summed E-state index contributed by atoms with van der Waals surface area (Å²) in [5, 5.41) is 7.59. The molecule has 12 rings (SSSR count). The zero-order valence-electron chi connectivity index (χ0n) is 33.2. The smallest absolute Gasteiger partial charge is 0.0727 e. The van der Waals surface area contributed by atoms with Gasteiger partial charge in [-0.1, -0.05) is 176 Å². The van der Waals surface area contributed by atoms with E-state index in [4.69, 9.17) is 0 Å². The van der Waals surface area contributed by atoms with Crippen LogP contribution < -0.4 is 4.90 Å². The highest BCUT2D eigenvalue weighted by Gasteiger charge is 2.20. The fourth-order valence-corrected chi connectivity index (χ4v) is 10.7. The summed E-state index contributed by atoms with van der Waals surface area (Å²) in [6, 6.07) is 83.9. The summed E-state index contributed by atoms with van der Waals surface area (Å²) in [4.78, 5) is 2.37. The van der Waals surface area contributed by atoms with Crippen LogP contribution in [-0.4, -0.2) is 4.57 Å². The van der Waals surface area contributed by atoms with E-state index in [1.807, 2.05) is 11.3 Å². The number of hydrogen-bond acceptors (Lipinski definition) is 2. The molecule has 0 bridgehead atoms. The van der Waals surface area contributed by atoms with Crippen molar-refractivity contribution in [2.24, 2.45) is 0 Å². The zero-order valence-corrected chi connectivity index (χ0v) is 34.1. The number of thiophene rings is 1. The second-order valence-electron chi connectivity index (χ2n) is 15.7. The number of aromatic nitrogens is 1. The first kappa shape index (κ1) is 35.2. The summed E-state index contributed by atoms with van der Waals surface area (Å²) in [7, 11) is 0. The van der Waals surface area contributed by atoms with E-state index in [9.17, 15) is 0 Å². The van der Waals surface area contributed by atoms with Gasteiger partial charge < -0.3 is 9.47 Å². The zero-order chi connectivity index (χ0) is 40.3. The lowest BCUT2D eigenvalue weighted by Gasteiger charge is -2.26. The Kier molecular flexibility index (Phi) is 8.39. The minimum atomic E-state index is 1.10. The van der Waals surface area contributed by atoms with Gasteiger partial charge in [-0.05, 0) is 110 Å². The van der Waals surface area contributed by atoms with Crippen LogP contribution >= 0.6 is 11.3 Å². The van der Waals surface area contributed by atoms with E-state index in [1.54, 1.807) is 0 Å². The quantitative estimate of drug-likeness (QED) is 0.156. The standard InChI is InChI=1S/C58H38N2S/c1-2-17-44(18-3-1)60-55-26-9-8-21-53(55)58-56(60)54-25-12-24-52(57(54)61-58)43-31-37-47(38-32-43)59(45-33-27-41(28-34-45)50-22-10-15-39-13-4-6-19-48(39)50)46-35-29-42(30-36-46)51-23-11-16-40-14-5-7-20-49(40)51/h1-38H. The summed E-state index contributed by atoms with van der Waals surface area (Å²) in [6.07, 6.45) is 0. The molecule has 0 amide bonds. The van der Waals surface area contributed by atoms with Crippen LogP contribution in [0, 0.1) is 0 Å². The molecule has 0 fully saturated rings. The second kappa shape index (κ2) is 14.5. The molecule has 0 aliphatic heterocycles. The lowest BCUT2D eigenvalue weighted by Crippen LogP contribution is -2.09. The molecule has 10 aromatic carbocycles. The Morgan fingerprint density at radius 3 is 1.31 bits per heavy atom. The van der Waals surface area contributed by atoms with Crippen molar-refractivity contribution in [2.75, 3.05) is 4.90 Å². The Morgan fingerprint density at radius 1 is 0.311 bits per heavy atom. The first-order chi connectivity index (χ1) is 30.3. The van der Waals surface area contributed by atoms with E-state index in [0.29, 0.717) is 0 Å². The van der Waals surface area contributed by atoms with Crippen molar-refractivity contribution in [2.45, 2.75) is 0 Å². The third-order valence-corrected chi connectivity index (χ3v) is 13.5. The summed E-state index contributed by atoms with van der Waals surface area (Å²) < 4.78 is 5.06. The number of nitrogens with zero attached hydrogens (tertiary/aromatic N) is 2. The van der Waals surface area contributed by atoms with Crippen LogP contribution in [0.25, 0.3) is 91.8 Å². The Bertz CT molecular complexity index is 3430. The van der Waals surface area contributed by atoms with Crippen LogP contribution in [0.5, 0.6) is 0 Å². The maximum atomic E-state index is 2.44. The Balaban J connectivity index is 0.964. The summed E-state index contributed by atoms with van der Waals surface area (Å²) in [5.74, 6) is 0. The van der Waals surface area contributed by atoms with Crippen LogP contribution in [0.1, 0.15) is 0 Å². The summed E-state index contributed by atoms with van der Waals surface area (Å²) >= 11 is 1.90. The molecule has 2 aromatic heterocycles. The van der Waals surface area contributed by atoms with Crippen molar-refractivity contribution in [1.29, 1.82) is 0 Å². The van der Waals surface area contributed by atoms with Crippen molar-refractivity contribution in [3.63, 3.8) is 0 Å². The van der Waals surface area contributed by atoms with E-state index in [0.717, 1.165) is 17.1 Å². The molecule has 0 radical (unpaired) electrons. The molecular formula is C58H38N2S. The second-order valence-corrected chi connectivity index (χ2v) is 16.7. The molecule has 0 aliphatic rings. The van der Waals surface area contributed by atoms with Gasteiger partial charge in [0.25, 0.3) is 0 Å². The van der Waals surface area contributed by atoms with Gasteiger partial charge in [0, 0.05) is 38.2 Å². The predicted octanol–water partition coefficient (Wildman–Crippen LogP) is 16.8. The molecule has 0 unspecified atom stereocenters. The van der Waals surface area contributed by atoms with E-state index in [1.165, 1.54) is 91.8 Å². The van der Waals surface area contributed by atoms with Gasteiger partial charge in [0.15, 0.2) is 0 Å². The van der Waals surface area contributed by atoms with Gasteiger partial charge in [0.2, 0.25) is 0 Å². The molecule has 61 heavy (non-hydrogen) atoms. The molecule has 0 saturated carbocycles. The number of rotatable bonds is 7. The van der Waals surface area contributed by atoms with E-state index >= 15 is 0 Å². The molecule has 0 atom stereocenters. The highest BCUT2D eigenvalue weighted by atomic mass is 32.1. The number of anilines is 3. The van der Waals surface area contributed by atoms with E-state index in [2.05, 4.69) is 240 Å². The average Bonchev–Trinajstić information content (AvgIpc) is 3.87. The molecule has 2 heterocycles. The van der Waals surface area contributed by atoms with Crippen LogP contribution in [0.3, 0.4) is 0 Å². The van der Waals surface area contributed by atoms with Crippen molar-refractivity contribution in [3.05, 3.63) is 231 Å².